The van der Waals surface area contributed by atoms with E-state index in [0.29, 0.717) is 41.3 Å². The van der Waals surface area contributed by atoms with E-state index < -0.39 is 0 Å². The summed E-state index contributed by atoms with van der Waals surface area (Å²) in [6.07, 6.45) is 8.87. The highest BCUT2D eigenvalue weighted by atomic mass is 16.5. The Bertz CT molecular complexity index is 957. The van der Waals surface area contributed by atoms with Crippen LogP contribution in [0.3, 0.4) is 0 Å². The lowest BCUT2D eigenvalue weighted by atomic mass is 9.87. The summed E-state index contributed by atoms with van der Waals surface area (Å²) in [6, 6.07) is 11.1. The van der Waals surface area contributed by atoms with Gasteiger partial charge in [0.15, 0.2) is 0 Å². The molecule has 178 valence electrons. The SMILES string of the molecule is CC[C@H](C)c1cccc([C@H](C)C2CC2)c1Oc1cc([C@H](C)C2CC2)c(O)c([C@H](C)C2CC2)c1. The zero-order valence-electron chi connectivity index (χ0n) is 21.2. The molecule has 0 aliphatic heterocycles. The van der Waals surface area contributed by atoms with Gasteiger partial charge in [0, 0.05) is 11.1 Å². The number of rotatable bonds is 10. The molecule has 0 heterocycles. The largest absolute Gasteiger partial charge is 0.507 e. The summed E-state index contributed by atoms with van der Waals surface area (Å²) < 4.78 is 6.89. The standard InChI is InChI=1S/C31H42O2/c1-6-18(2)26-8-7-9-27(19(3)22-10-11-22)31(26)33-25-16-28(20(4)23-12-13-23)30(32)29(17-25)21(5)24-14-15-24/h7-9,16-24,32H,6,10-15H2,1-5H3/t18-,19+,20+,21+/m0/s1. The van der Waals surface area contributed by atoms with Crippen molar-refractivity contribution in [2.75, 3.05) is 0 Å². The Morgan fingerprint density at radius 1 is 0.758 bits per heavy atom. The first kappa shape index (κ1) is 22.8. The fraction of sp³-hybridized carbons (Fsp3) is 0.613. The summed E-state index contributed by atoms with van der Waals surface area (Å²) in [4.78, 5) is 0. The molecule has 3 aliphatic rings. The molecule has 0 amide bonds. The molecule has 4 atom stereocenters. The third-order valence-electron chi connectivity index (χ3n) is 9.04. The maximum Gasteiger partial charge on any atom is 0.134 e. The van der Waals surface area contributed by atoms with Crippen LogP contribution in [0.5, 0.6) is 17.2 Å². The molecule has 0 spiro atoms. The number of hydrogen-bond acceptors (Lipinski definition) is 2. The predicted molar refractivity (Wildman–Crippen MR) is 137 cm³/mol. The number of benzene rings is 2. The fourth-order valence-corrected chi connectivity index (χ4v) is 5.73. The molecule has 0 unspecified atom stereocenters. The summed E-state index contributed by atoms with van der Waals surface area (Å²) >= 11 is 0. The van der Waals surface area contributed by atoms with Gasteiger partial charge in [-0.1, -0.05) is 52.8 Å². The Morgan fingerprint density at radius 2 is 1.21 bits per heavy atom. The quantitative estimate of drug-likeness (QED) is 0.394. The van der Waals surface area contributed by atoms with Crippen LogP contribution in [0.2, 0.25) is 0 Å². The van der Waals surface area contributed by atoms with Gasteiger partial charge in [0.25, 0.3) is 0 Å². The number of ether oxygens (including phenoxy) is 1. The van der Waals surface area contributed by atoms with Crippen molar-refractivity contribution in [3.8, 4) is 17.2 Å². The van der Waals surface area contributed by atoms with Gasteiger partial charge in [-0.15, -0.1) is 0 Å². The highest BCUT2D eigenvalue weighted by Crippen LogP contribution is 2.52. The van der Waals surface area contributed by atoms with E-state index in [-0.39, 0.29) is 0 Å². The number of phenolic OH excluding ortho intramolecular Hbond substituents is 1. The van der Waals surface area contributed by atoms with Gasteiger partial charge in [0.2, 0.25) is 0 Å². The van der Waals surface area contributed by atoms with E-state index >= 15 is 0 Å². The van der Waals surface area contributed by atoms with Crippen LogP contribution >= 0.6 is 0 Å². The van der Waals surface area contributed by atoms with Crippen LogP contribution < -0.4 is 4.74 Å². The van der Waals surface area contributed by atoms with Gasteiger partial charge >= 0.3 is 0 Å². The van der Waals surface area contributed by atoms with Crippen molar-refractivity contribution < 1.29 is 9.84 Å². The monoisotopic (exact) mass is 446 g/mol. The smallest absolute Gasteiger partial charge is 0.134 e. The summed E-state index contributed by atoms with van der Waals surface area (Å²) in [7, 11) is 0. The van der Waals surface area contributed by atoms with E-state index in [1.807, 2.05) is 0 Å². The van der Waals surface area contributed by atoms with Crippen LogP contribution in [0.4, 0.5) is 0 Å². The minimum absolute atomic E-state index is 0.383. The van der Waals surface area contributed by atoms with Crippen molar-refractivity contribution in [3.05, 3.63) is 52.6 Å². The second-order valence-electron chi connectivity index (χ2n) is 11.5. The normalized spacial score (nSPS) is 22.0. The minimum Gasteiger partial charge on any atom is -0.507 e. The molecule has 0 aromatic heterocycles. The van der Waals surface area contributed by atoms with E-state index in [4.69, 9.17) is 4.74 Å². The van der Waals surface area contributed by atoms with Crippen LogP contribution in [0.1, 0.15) is 125 Å². The molecular formula is C31H42O2. The van der Waals surface area contributed by atoms with Crippen molar-refractivity contribution in [3.63, 3.8) is 0 Å². The molecule has 2 aromatic carbocycles. The summed E-state index contributed by atoms with van der Waals surface area (Å²) in [5.74, 6) is 6.46. The molecule has 3 saturated carbocycles. The molecule has 2 heteroatoms. The Balaban J connectivity index is 1.58. The molecular weight excluding hydrogens is 404 g/mol. The Hall–Kier alpha value is -1.96. The molecule has 1 N–H and O–H groups in total. The van der Waals surface area contributed by atoms with Crippen LogP contribution in [0.15, 0.2) is 30.3 Å². The van der Waals surface area contributed by atoms with Crippen molar-refractivity contribution in [2.45, 2.75) is 103 Å². The van der Waals surface area contributed by atoms with Gasteiger partial charge in [-0.05, 0) is 110 Å². The number of para-hydroxylation sites is 1. The van der Waals surface area contributed by atoms with Gasteiger partial charge in [-0.25, -0.2) is 0 Å². The average Bonchev–Trinajstić information content (AvgIpc) is 3.67. The first-order chi connectivity index (χ1) is 15.9. The Kier molecular flexibility index (Phi) is 6.23. The van der Waals surface area contributed by atoms with Gasteiger partial charge in [0.1, 0.15) is 17.2 Å². The van der Waals surface area contributed by atoms with Crippen LogP contribution in [0, 0.1) is 17.8 Å². The predicted octanol–water partition coefficient (Wildman–Crippen LogP) is 9.24. The second kappa shape index (κ2) is 9.01. The van der Waals surface area contributed by atoms with E-state index in [2.05, 4.69) is 65.0 Å². The highest BCUT2D eigenvalue weighted by Gasteiger charge is 2.36. The number of phenols is 1. The first-order valence-electron chi connectivity index (χ1n) is 13.6. The maximum atomic E-state index is 11.3. The van der Waals surface area contributed by atoms with Crippen LogP contribution in [0.25, 0.3) is 0 Å². The Labute approximate surface area is 200 Å². The van der Waals surface area contributed by atoms with Crippen LogP contribution in [-0.4, -0.2) is 5.11 Å². The van der Waals surface area contributed by atoms with E-state index in [1.165, 1.54) is 49.7 Å². The van der Waals surface area contributed by atoms with Crippen molar-refractivity contribution >= 4 is 0 Å². The zero-order chi connectivity index (χ0) is 23.3. The van der Waals surface area contributed by atoms with Crippen LogP contribution in [-0.2, 0) is 0 Å². The maximum absolute atomic E-state index is 11.3. The number of aromatic hydroxyl groups is 1. The first-order valence-corrected chi connectivity index (χ1v) is 13.6. The topological polar surface area (TPSA) is 29.5 Å². The third-order valence-corrected chi connectivity index (χ3v) is 9.04. The molecule has 2 aromatic rings. The van der Waals surface area contributed by atoms with E-state index in [9.17, 15) is 5.11 Å². The summed E-state index contributed by atoms with van der Waals surface area (Å²) in [5.41, 5.74) is 4.87. The lowest BCUT2D eigenvalue weighted by Crippen LogP contribution is -2.06. The van der Waals surface area contributed by atoms with Gasteiger partial charge in [0.05, 0.1) is 0 Å². The molecule has 3 aliphatic carbocycles. The zero-order valence-corrected chi connectivity index (χ0v) is 21.2. The average molecular weight is 447 g/mol. The van der Waals surface area contributed by atoms with Gasteiger partial charge in [-0.2, -0.15) is 0 Å². The fourth-order valence-electron chi connectivity index (χ4n) is 5.73. The van der Waals surface area contributed by atoms with Gasteiger partial charge in [-0.3, -0.25) is 0 Å². The lowest BCUT2D eigenvalue weighted by Gasteiger charge is -2.25. The Morgan fingerprint density at radius 3 is 1.67 bits per heavy atom. The third kappa shape index (κ3) is 4.68. The van der Waals surface area contributed by atoms with Crippen molar-refractivity contribution in [2.24, 2.45) is 17.8 Å². The second-order valence-corrected chi connectivity index (χ2v) is 11.5. The molecule has 0 bridgehead atoms. The highest BCUT2D eigenvalue weighted by molar-refractivity contribution is 5.53. The molecule has 0 saturated heterocycles. The molecule has 2 nitrogen and oxygen atoms in total. The van der Waals surface area contributed by atoms with E-state index in [0.717, 1.165) is 35.0 Å². The molecule has 5 rings (SSSR count). The summed E-state index contributed by atoms with van der Waals surface area (Å²) in [6.45, 7) is 11.5. The van der Waals surface area contributed by atoms with Gasteiger partial charge < -0.3 is 9.84 Å². The minimum atomic E-state index is 0.383. The molecule has 3 fully saturated rings. The summed E-state index contributed by atoms with van der Waals surface area (Å²) in [5, 5.41) is 11.3. The lowest BCUT2D eigenvalue weighted by molar-refractivity contribution is 0.428. The van der Waals surface area contributed by atoms with Crippen molar-refractivity contribution in [1.82, 2.24) is 0 Å². The molecule has 0 radical (unpaired) electrons. The van der Waals surface area contributed by atoms with Crippen molar-refractivity contribution in [1.29, 1.82) is 0 Å². The molecule has 33 heavy (non-hydrogen) atoms. The van der Waals surface area contributed by atoms with E-state index in [1.54, 1.807) is 0 Å². The number of hydrogen-bond donors (Lipinski definition) is 1.